The molecular weight excluding hydrogens is 935 g/mol. The zero-order valence-corrected chi connectivity index (χ0v) is 43.1. The average Bonchev–Trinajstić information content (AvgIpc) is 4.23. The van der Waals surface area contributed by atoms with E-state index in [1.54, 1.807) is 11.3 Å². The number of carbonyl (C=O) groups excluding carboxylic acids is 4. The Hall–Kier alpha value is -6.66. The van der Waals surface area contributed by atoms with E-state index in [1.165, 1.54) is 19.1 Å². The van der Waals surface area contributed by atoms with Gasteiger partial charge in [-0.2, -0.15) is 0 Å². The third-order valence-electron chi connectivity index (χ3n) is 15.0. The molecule has 380 valence electrons. The van der Waals surface area contributed by atoms with Crippen molar-refractivity contribution in [3.63, 3.8) is 0 Å². The van der Waals surface area contributed by atoms with Crippen LogP contribution >= 0.6 is 11.3 Å². The minimum absolute atomic E-state index is 0.0319. The first-order valence-corrected chi connectivity index (χ1v) is 26.2. The number of aromatic nitrogens is 5. The van der Waals surface area contributed by atoms with Gasteiger partial charge in [0.25, 0.3) is 0 Å². The van der Waals surface area contributed by atoms with Crippen LogP contribution in [0.1, 0.15) is 118 Å². The molecule has 0 saturated carbocycles. The Bertz CT molecular complexity index is 3000. The van der Waals surface area contributed by atoms with Gasteiger partial charge in [0.15, 0.2) is 0 Å². The van der Waals surface area contributed by atoms with Crippen molar-refractivity contribution in [2.75, 3.05) is 27.3 Å². The number of thiophene rings is 1. The summed E-state index contributed by atoms with van der Waals surface area (Å²) < 4.78 is 25.2. The first kappa shape index (κ1) is 48.9. The second kappa shape index (κ2) is 20.1. The fraction of sp³-hybridized carbons (Fsp3) is 0.481. The van der Waals surface area contributed by atoms with Crippen LogP contribution in [0, 0.1) is 18.8 Å². The number of amides is 4. The Morgan fingerprint density at radius 1 is 0.819 bits per heavy atom. The van der Waals surface area contributed by atoms with E-state index < -0.39 is 30.5 Å². The highest BCUT2D eigenvalue weighted by atomic mass is 32.1. The summed E-state index contributed by atoms with van der Waals surface area (Å²) in [5.74, 6) is 1.65. The average molecular weight is 1000 g/mol. The number of ether oxygens (including phenoxy) is 4. The molecule has 0 radical (unpaired) electrons. The number of fused-ring (bicyclic) bond motifs is 5. The van der Waals surface area contributed by atoms with E-state index in [2.05, 4.69) is 87.5 Å². The maximum atomic E-state index is 14.4. The SMILES string of the molecule is CCc1ccc(C2Oc3cc(-c4cnc([C@@H]5CCCN5C(=O)[C@@H](NC(=O)OC)C(C)C)[nH]4)cc(C)c3-c3cc4cc(-c5cnc([C@@H]6CCCN6C(=O)C(NC(=O)OC)C6C[C@@H](C)O[C@@H](C)C6)[nH]5)ccc4n32)s1. The number of hydrogen-bond donors (Lipinski definition) is 4. The number of nitrogens with one attached hydrogen (secondary N) is 4. The molecule has 18 heteroatoms. The highest BCUT2D eigenvalue weighted by Gasteiger charge is 2.43. The molecule has 4 N–H and O–H groups in total. The van der Waals surface area contributed by atoms with Crippen molar-refractivity contribution in [3.8, 4) is 39.5 Å². The Balaban J connectivity index is 0.945. The van der Waals surface area contributed by atoms with Gasteiger partial charge in [0, 0.05) is 40.0 Å². The predicted molar refractivity (Wildman–Crippen MR) is 273 cm³/mol. The van der Waals surface area contributed by atoms with Gasteiger partial charge >= 0.3 is 12.2 Å². The predicted octanol–water partition coefficient (Wildman–Crippen LogP) is 9.60. The number of benzene rings is 2. The molecule has 10 rings (SSSR count). The van der Waals surface area contributed by atoms with Crippen molar-refractivity contribution < 1.29 is 38.1 Å². The van der Waals surface area contributed by atoms with Gasteiger partial charge in [-0.3, -0.25) is 14.2 Å². The van der Waals surface area contributed by atoms with Gasteiger partial charge in [-0.05, 0) is 126 Å². The van der Waals surface area contributed by atoms with Crippen LogP contribution in [0.4, 0.5) is 9.59 Å². The molecule has 0 spiro atoms. The third-order valence-corrected chi connectivity index (χ3v) is 16.2. The topological polar surface area (TPSA) is 198 Å². The number of likely N-dealkylation sites (tertiary alicyclic amines) is 2. The van der Waals surface area contributed by atoms with Crippen molar-refractivity contribution in [1.29, 1.82) is 0 Å². The summed E-state index contributed by atoms with van der Waals surface area (Å²) in [7, 11) is 2.61. The normalized spacial score (nSPS) is 22.6. The fourth-order valence-corrected chi connectivity index (χ4v) is 12.5. The molecular formula is C54H65N9O8S. The number of H-pyrrole nitrogens is 2. The summed E-state index contributed by atoms with van der Waals surface area (Å²) >= 11 is 1.75. The zero-order chi connectivity index (χ0) is 50.5. The molecule has 0 bridgehead atoms. The first-order valence-electron chi connectivity index (χ1n) is 25.3. The molecule has 2 aromatic carbocycles. The molecule has 17 nitrogen and oxygen atoms in total. The van der Waals surface area contributed by atoms with Gasteiger partial charge in [-0.15, -0.1) is 11.3 Å². The molecule has 4 aliphatic rings. The van der Waals surface area contributed by atoms with Crippen molar-refractivity contribution in [2.24, 2.45) is 11.8 Å². The summed E-state index contributed by atoms with van der Waals surface area (Å²) in [5, 5.41) is 6.66. The third kappa shape index (κ3) is 9.23. The second-order valence-corrected chi connectivity index (χ2v) is 21.4. The van der Waals surface area contributed by atoms with E-state index in [0.717, 1.165) is 93.0 Å². The fourth-order valence-electron chi connectivity index (χ4n) is 11.5. The molecule has 4 amide bonds. The Kier molecular flexibility index (Phi) is 13.7. The number of imidazole rings is 2. The lowest BCUT2D eigenvalue weighted by molar-refractivity contribution is -0.138. The van der Waals surface area contributed by atoms with E-state index in [9.17, 15) is 19.2 Å². The van der Waals surface area contributed by atoms with E-state index in [1.807, 2.05) is 49.9 Å². The van der Waals surface area contributed by atoms with E-state index in [0.29, 0.717) is 37.6 Å². The number of aryl methyl sites for hydroxylation is 2. The molecule has 8 atom stereocenters. The van der Waals surface area contributed by atoms with E-state index >= 15 is 0 Å². The number of rotatable bonds is 12. The van der Waals surface area contributed by atoms with Crippen molar-refractivity contribution >= 4 is 46.2 Å². The number of alkyl carbamates (subject to hydrolysis) is 2. The lowest BCUT2D eigenvalue weighted by Crippen LogP contribution is -2.54. The highest BCUT2D eigenvalue weighted by Crippen LogP contribution is 2.49. The van der Waals surface area contributed by atoms with E-state index in [-0.39, 0.29) is 47.9 Å². The standard InChI is InChI=1S/C54H65N9O8S/c1-9-36-15-17-44(72-36)52-63-39-16-14-32(37-26-55-48(57-37)41-13-11-19-62(41)51(65)47(60-54(67)69-8)35-21-30(5)70-31(6)22-35)23-34(39)24-42(63)45-29(4)20-33(25-43(45)71-52)38-27-56-49(58-38)40-12-10-18-61(40)50(64)46(28(2)3)59-53(66)68-7/h14-17,20,23-28,30-31,35,40-41,46-47,52H,9-13,18-19,21-22H2,1-8H3,(H,55,57)(H,56,58)(H,59,66)(H,60,67)/t30-,31+,35?,40-,41-,46-,47?,52?/m0/s1. The minimum atomic E-state index is -0.742. The van der Waals surface area contributed by atoms with Gasteiger partial charge in [0.1, 0.15) is 29.5 Å². The molecule has 6 aromatic rings. The van der Waals surface area contributed by atoms with Crippen LogP contribution in [-0.4, -0.2) is 110 Å². The van der Waals surface area contributed by atoms with Crippen molar-refractivity contribution in [2.45, 2.75) is 129 Å². The number of hydrogen-bond acceptors (Lipinski definition) is 11. The Morgan fingerprint density at radius 3 is 2.08 bits per heavy atom. The summed E-state index contributed by atoms with van der Waals surface area (Å²) in [6.45, 7) is 13.2. The first-order chi connectivity index (χ1) is 34.7. The quantitative estimate of drug-likeness (QED) is 0.0916. The number of aromatic amines is 2. The lowest BCUT2D eigenvalue weighted by Gasteiger charge is -2.38. The molecule has 72 heavy (non-hydrogen) atoms. The van der Waals surface area contributed by atoms with Crippen LogP contribution in [0.15, 0.2) is 60.9 Å². The molecule has 8 heterocycles. The van der Waals surface area contributed by atoms with Crippen LogP contribution < -0.4 is 15.4 Å². The number of carbonyl (C=O) groups is 4. The summed E-state index contributed by atoms with van der Waals surface area (Å²) in [6.07, 6.45) is 7.29. The van der Waals surface area contributed by atoms with Crippen molar-refractivity contribution in [3.05, 3.63) is 87.9 Å². The maximum Gasteiger partial charge on any atom is 0.407 e. The molecule has 0 aliphatic carbocycles. The Labute approximate surface area is 423 Å². The van der Waals surface area contributed by atoms with Gasteiger partial charge in [-0.25, -0.2) is 19.6 Å². The smallest absolute Gasteiger partial charge is 0.407 e. The van der Waals surface area contributed by atoms with Crippen LogP contribution in [0.2, 0.25) is 0 Å². The summed E-state index contributed by atoms with van der Waals surface area (Å²) in [5.41, 5.74) is 7.64. The molecule has 4 aliphatic heterocycles. The van der Waals surface area contributed by atoms with Crippen LogP contribution in [-0.2, 0) is 30.2 Å². The minimum Gasteiger partial charge on any atom is -0.464 e. The molecule has 3 fully saturated rings. The van der Waals surface area contributed by atoms with E-state index in [4.69, 9.17) is 28.9 Å². The monoisotopic (exact) mass is 999 g/mol. The highest BCUT2D eigenvalue weighted by molar-refractivity contribution is 7.12. The Morgan fingerprint density at radius 2 is 1.46 bits per heavy atom. The number of methoxy groups -OCH3 is 2. The van der Waals surface area contributed by atoms with Gasteiger partial charge < -0.3 is 49.3 Å². The van der Waals surface area contributed by atoms with Crippen molar-refractivity contribution in [1.82, 2.24) is 44.9 Å². The molecule has 4 aromatic heterocycles. The largest absolute Gasteiger partial charge is 0.464 e. The molecule has 3 unspecified atom stereocenters. The van der Waals surface area contributed by atoms with Gasteiger partial charge in [0.2, 0.25) is 18.0 Å². The lowest BCUT2D eigenvalue weighted by atomic mass is 9.85. The van der Waals surface area contributed by atoms with Crippen LogP contribution in [0.25, 0.3) is 44.7 Å². The zero-order valence-electron chi connectivity index (χ0n) is 42.2. The molecule has 3 saturated heterocycles. The van der Waals surface area contributed by atoms with Crippen LogP contribution in [0.3, 0.4) is 0 Å². The van der Waals surface area contributed by atoms with Gasteiger partial charge in [0.05, 0.1) is 78.4 Å². The summed E-state index contributed by atoms with van der Waals surface area (Å²) in [6, 6.07) is 15.3. The van der Waals surface area contributed by atoms with Crippen LogP contribution in [0.5, 0.6) is 5.75 Å². The second-order valence-electron chi connectivity index (χ2n) is 20.2. The summed E-state index contributed by atoms with van der Waals surface area (Å²) in [4.78, 5) is 76.0. The number of nitrogens with zero attached hydrogens (tertiary/aromatic N) is 5. The maximum absolute atomic E-state index is 14.4. The van der Waals surface area contributed by atoms with Gasteiger partial charge in [-0.1, -0.05) is 26.8 Å².